The molecule has 3 rings (SSSR count). The number of thioether (sulfide) groups is 1. The molecular formula is C17H20N4O2S. The summed E-state index contributed by atoms with van der Waals surface area (Å²) in [4.78, 5) is 21.7. The third-order valence-corrected chi connectivity index (χ3v) is 4.54. The largest absolute Gasteiger partial charge is 0.338 e. The summed E-state index contributed by atoms with van der Waals surface area (Å²) in [6, 6.07) is 7.44. The molecule has 24 heavy (non-hydrogen) atoms. The smallest absolute Gasteiger partial charge is 0.262 e. The molecular weight excluding hydrogens is 324 g/mol. The van der Waals surface area contributed by atoms with Gasteiger partial charge in [-0.1, -0.05) is 42.9 Å². The van der Waals surface area contributed by atoms with Gasteiger partial charge in [-0.15, -0.1) is 0 Å². The predicted molar refractivity (Wildman–Crippen MR) is 94.1 cm³/mol. The SMILES string of the molecule is CCCc1noc(CSc2nc3ccccc3c(=O)n2CCC)n1. The fourth-order valence-corrected chi connectivity index (χ4v) is 3.34. The Balaban J connectivity index is 1.89. The van der Waals surface area contributed by atoms with E-state index in [1.54, 1.807) is 4.57 Å². The van der Waals surface area contributed by atoms with Crippen LogP contribution in [0.25, 0.3) is 10.9 Å². The molecule has 0 aliphatic rings. The van der Waals surface area contributed by atoms with E-state index in [0.717, 1.165) is 30.6 Å². The van der Waals surface area contributed by atoms with Crippen LogP contribution >= 0.6 is 11.8 Å². The van der Waals surface area contributed by atoms with Crippen molar-refractivity contribution in [2.24, 2.45) is 0 Å². The van der Waals surface area contributed by atoms with Crippen molar-refractivity contribution in [2.45, 2.75) is 50.6 Å². The Labute approximate surface area is 144 Å². The van der Waals surface area contributed by atoms with Crippen LogP contribution in [0, 0.1) is 0 Å². The van der Waals surface area contributed by atoms with Gasteiger partial charge in [0.05, 0.1) is 16.7 Å². The molecule has 0 saturated carbocycles. The highest BCUT2D eigenvalue weighted by atomic mass is 32.2. The summed E-state index contributed by atoms with van der Waals surface area (Å²) in [7, 11) is 0. The standard InChI is InChI=1S/C17H20N4O2S/c1-3-7-14-19-15(23-20-14)11-24-17-18-13-9-6-5-8-12(13)16(22)21(17)10-4-2/h5-6,8-9H,3-4,7,10-11H2,1-2H3. The van der Waals surface area contributed by atoms with Gasteiger partial charge in [-0.3, -0.25) is 9.36 Å². The van der Waals surface area contributed by atoms with Crippen molar-refractivity contribution < 1.29 is 4.52 Å². The molecule has 0 bridgehead atoms. The molecule has 0 N–H and O–H groups in total. The van der Waals surface area contributed by atoms with E-state index >= 15 is 0 Å². The molecule has 6 nitrogen and oxygen atoms in total. The van der Waals surface area contributed by atoms with Crippen LogP contribution in [0.2, 0.25) is 0 Å². The molecule has 0 fully saturated rings. The third kappa shape index (κ3) is 3.51. The minimum atomic E-state index is 0.00199. The highest BCUT2D eigenvalue weighted by Gasteiger charge is 2.13. The molecule has 0 atom stereocenters. The first-order valence-corrected chi connectivity index (χ1v) is 9.15. The highest BCUT2D eigenvalue weighted by Crippen LogP contribution is 2.21. The lowest BCUT2D eigenvalue weighted by molar-refractivity contribution is 0.384. The molecule has 2 aromatic heterocycles. The van der Waals surface area contributed by atoms with Gasteiger partial charge in [-0.25, -0.2) is 4.98 Å². The monoisotopic (exact) mass is 344 g/mol. The van der Waals surface area contributed by atoms with Crippen LogP contribution < -0.4 is 5.56 Å². The molecule has 3 aromatic rings. The number of rotatable bonds is 7. The lowest BCUT2D eigenvalue weighted by Crippen LogP contribution is -2.23. The maximum absolute atomic E-state index is 12.7. The van der Waals surface area contributed by atoms with Gasteiger partial charge in [0.15, 0.2) is 11.0 Å². The lowest BCUT2D eigenvalue weighted by Gasteiger charge is -2.11. The summed E-state index contributed by atoms with van der Waals surface area (Å²) < 4.78 is 6.99. The number of hydrogen-bond acceptors (Lipinski definition) is 6. The first-order chi connectivity index (χ1) is 11.7. The molecule has 1 aromatic carbocycles. The molecule has 0 saturated heterocycles. The third-order valence-electron chi connectivity index (χ3n) is 3.58. The van der Waals surface area contributed by atoms with Gasteiger partial charge in [0.25, 0.3) is 5.56 Å². The topological polar surface area (TPSA) is 73.8 Å². The van der Waals surface area contributed by atoms with Gasteiger partial charge in [0, 0.05) is 13.0 Å². The van der Waals surface area contributed by atoms with E-state index in [1.165, 1.54) is 11.8 Å². The van der Waals surface area contributed by atoms with E-state index in [0.29, 0.717) is 28.7 Å². The zero-order chi connectivity index (χ0) is 16.9. The number of aryl methyl sites for hydroxylation is 1. The minimum absolute atomic E-state index is 0.00199. The average molecular weight is 344 g/mol. The molecule has 0 unspecified atom stereocenters. The summed E-state index contributed by atoms with van der Waals surface area (Å²) in [5.74, 6) is 1.80. The van der Waals surface area contributed by atoms with E-state index in [2.05, 4.69) is 22.0 Å². The molecule has 0 amide bonds. The first kappa shape index (κ1) is 16.7. The van der Waals surface area contributed by atoms with E-state index < -0.39 is 0 Å². The Bertz CT molecular complexity index is 888. The van der Waals surface area contributed by atoms with Crippen molar-refractivity contribution in [1.29, 1.82) is 0 Å². The summed E-state index contributed by atoms with van der Waals surface area (Å²) in [5, 5.41) is 5.30. The molecule has 126 valence electrons. The van der Waals surface area contributed by atoms with Gasteiger partial charge in [-0.05, 0) is 25.0 Å². The zero-order valence-corrected chi connectivity index (χ0v) is 14.7. The Morgan fingerprint density at radius 2 is 2.00 bits per heavy atom. The fourth-order valence-electron chi connectivity index (χ4n) is 2.48. The van der Waals surface area contributed by atoms with Gasteiger partial charge < -0.3 is 4.52 Å². The first-order valence-electron chi connectivity index (χ1n) is 8.16. The molecule has 0 radical (unpaired) electrons. The molecule has 0 spiro atoms. The van der Waals surface area contributed by atoms with Gasteiger partial charge in [-0.2, -0.15) is 4.98 Å². The van der Waals surface area contributed by atoms with Crippen LogP contribution in [0.4, 0.5) is 0 Å². The van der Waals surface area contributed by atoms with Crippen LogP contribution in [0.1, 0.15) is 38.4 Å². The van der Waals surface area contributed by atoms with Crippen LogP contribution in [0.5, 0.6) is 0 Å². The van der Waals surface area contributed by atoms with E-state index in [-0.39, 0.29) is 5.56 Å². The van der Waals surface area contributed by atoms with Crippen LogP contribution in [-0.2, 0) is 18.7 Å². The van der Waals surface area contributed by atoms with Crippen molar-refractivity contribution in [3.63, 3.8) is 0 Å². The number of benzene rings is 1. The quantitative estimate of drug-likeness (QED) is 0.483. The van der Waals surface area contributed by atoms with Gasteiger partial charge >= 0.3 is 0 Å². The summed E-state index contributed by atoms with van der Waals surface area (Å²) in [5.41, 5.74) is 0.719. The normalized spacial score (nSPS) is 11.2. The van der Waals surface area contributed by atoms with Crippen LogP contribution in [0.15, 0.2) is 38.7 Å². The number of fused-ring (bicyclic) bond motifs is 1. The Kier molecular flexibility index (Phi) is 5.30. The van der Waals surface area contributed by atoms with E-state index in [4.69, 9.17) is 4.52 Å². The van der Waals surface area contributed by atoms with E-state index in [9.17, 15) is 4.79 Å². The highest BCUT2D eigenvalue weighted by molar-refractivity contribution is 7.98. The van der Waals surface area contributed by atoms with E-state index in [1.807, 2.05) is 31.2 Å². The summed E-state index contributed by atoms with van der Waals surface area (Å²) in [6.07, 6.45) is 2.66. The molecule has 0 aliphatic carbocycles. The van der Waals surface area contributed by atoms with Crippen molar-refractivity contribution in [3.05, 3.63) is 46.3 Å². The predicted octanol–water partition coefficient (Wildman–Crippen LogP) is 3.43. The molecule has 2 heterocycles. The summed E-state index contributed by atoms with van der Waals surface area (Å²) in [6.45, 7) is 4.77. The average Bonchev–Trinajstić information content (AvgIpc) is 3.04. The van der Waals surface area contributed by atoms with Gasteiger partial charge in [0.2, 0.25) is 5.89 Å². The Morgan fingerprint density at radius 3 is 2.79 bits per heavy atom. The second-order valence-electron chi connectivity index (χ2n) is 5.51. The maximum atomic E-state index is 12.7. The van der Waals surface area contributed by atoms with Gasteiger partial charge in [0.1, 0.15) is 0 Å². The zero-order valence-electron chi connectivity index (χ0n) is 13.9. The number of para-hydroxylation sites is 1. The van der Waals surface area contributed by atoms with Crippen molar-refractivity contribution in [2.75, 3.05) is 0 Å². The number of hydrogen-bond donors (Lipinski definition) is 0. The van der Waals surface area contributed by atoms with Crippen molar-refractivity contribution >= 4 is 22.7 Å². The molecule has 7 heteroatoms. The Morgan fingerprint density at radius 1 is 1.17 bits per heavy atom. The van der Waals surface area contributed by atoms with Crippen LogP contribution in [0.3, 0.4) is 0 Å². The minimum Gasteiger partial charge on any atom is -0.338 e. The molecule has 0 aliphatic heterocycles. The number of aromatic nitrogens is 4. The second-order valence-corrected chi connectivity index (χ2v) is 6.45. The van der Waals surface area contributed by atoms with Crippen molar-refractivity contribution in [3.8, 4) is 0 Å². The fraction of sp³-hybridized carbons (Fsp3) is 0.412. The maximum Gasteiger partial charge on any atom is 0.262 e. The van der Waals surface area contributed by atoms with Crippen molar-refractivity contribution in [1.82, 2.24) is 19.7 Å². The lowest BCUT2D eigenvalue weighted by atomic mass is 10.2. The second kappa shape index (κ2) is 7.61. The Hall–Kier alpha value is -2.15. The number of nitrogens with zero attached hydrogens (tertiary/aromatic N) is 4. The summed E-state index contributed by atoms with van der Waals surface area (Å²) >= 11 is 1.46. The van der Waals surface area contributed by atoms with Crippen LogP contribution in [-0.4, -0.2) is 19.7 Å².